The van der Waals surface area contributed by atoms with Gasteiger partial charge in [-0.1, -0.05) is 102 Å². The molecule has 178 valence electrons. The van der Waals surface area contributed by atoms with Crippen molar-refractivity contribution < 1.29 is 14.3 Å². The van der Waals surface area contributed by atoms with Crippen LogP contribution < -0.4 is 0 Å². The third-order valence-corrected chi connectivity index (χ3v) is 7.88. The number of carbonyl (C=O) groups is 2. The molecular weight excluding hydrogens is 446 g/mol. The Hall–Kier alpha value is -0.580. The maximum atomic E-state index is 11.8. The maximum absolute atomic E-state index is 11.8. The van der Waals surface area contributed by atoms with Gasteiger partial charge in [0.2, 0.25) is 0 Å². The van der Waals surface area contributed by atoms with Gasteiger partial charge in [-0.05, 0) is 31.9 Å². The number of thiocarbonyl (C=S) groups is 1. The molecule has 0 N–H and O–H groups in total. The molecule has 0 amide bonds. The topological polar surface area (TPSA) is 67.2 Å². The lowest BCUT2D eigenvalue weighted by Gasteiger charge is -2.20. The van der Waals surface area contributed by atoms with E-state index in [4.69, 9.17) is 17.0 Å². The van der Waals surface area contributed by atoms with Crippen LogP contribution in [0.25, 0.3) is 0 Å². The van der Waals surface area contributed by atoms with Crippen molar-refractivity contribution in [2.75, 3.05) is 5.75 Å². The third kappa shape index (κ3) is 18.7. The molecule has 1 atom stereocenters. The average molecular weight is 488 g/mol. The Labute approximate surface area is 204 Å². The maximum Gasteiger partial charge on any atom is 0.313 e. The molecule has 0 fully saturated rings. The number of unbranched alkanes of at least 4 members (excludes halogenated alkanes) is 10. The van der Waals surface area contributed by atoms with Crippen LogP contribution in [0, 0.1) is 11.3 Å². The average Bonchev–Trinajstić information content (AvgIpc) is 2.74. The van der Waals surface area contributed by atoms with Gasteiger partial charge in [-0.25, -0.2) is 0 Å². The van der Waals surface area contributed by atoms with E-state index in [0.29, 0.717) is 12.8 Å². The number of ether oxygens (including phenoxy) is 1. The second-order valence-electron chi connectivity index (χ2n) is 8.17. The number of thioether (sulfide) groups is 2. The molecule has 0 spiro atoms. The summed E-state index contributed by atoms with van der Waals surface area (Å²) in [5.74, 6) is -0.0782. The van der Waals surface area contributed by atoms with Crippen molar-refractivity contribution in [3.63, 3.8) is 0 Å². The monoisotopic (exact) mass is 487 g/mol. The van der Waals surface area contributed by atoms with Crippen molar-refractivity contribution in [2.24, 2.45) is 0 Å². The van der Waals surface area contributed by atoms with Gasteiger partial charge in [0.1, 0.15) is 8.28 Å². The van der Waals surface area contributed by atoms with Gasteiger partial charge in [0.15, 0.2) is 0 Å². The number of hydrogen-bond donors (Lipinski definition) is 0. The molecule has 0 aliphatic heterocycles. The van der Waals surface area contributed by atoms with Crippen LogP contribution in [-0.2, 0) is 14.3 Å². The van der Waals surface area contributed by atoms with E-state index in [2.05, 4.69) is 13.0 Å². The zero-order chi connectivity index (χ0) is 23.4. The summed E-state index contributed by atoms with van der Waals surface area (Å²) >= 11 is 8.41. The first-order valence-electron chi connectivity index (χ1n) is 11.9. The number of carbonyl (C=O) groups excluding carboxylic acids is 2. The standard InChI is InChI=1S/C24H41NO3S3/c1-4-6-8-9-10-11-12-13-14-15-19-30-23(29)31-24(3,20-25)18-17-22(27)28-21(26)16-7-5-2/h4-19H2,1-3H3. The summed E-state index contributed by atoms with van der Waals surface area (Å²) in [5, 5.41) is 9.55. The number of hydrogen-bond acceptors (Lipinski definition) is 7. The fourth-order valence-corrected chi connectivity index (χ4v) is 5.95. The summed E-state index contributed by atoms with van der Waals surface area (Å²) in [6.45, 7) is 6.01. The van der Waals surface area contributed by atoms with Gasteiger partial charge >= 0.3 is 11.9 Å². The lowest BCUT2D eigenvalue weighted by molar-refractivity contribution is -0.159. The van der Waals surface area contributed by atoms with E-state index in [-0.39, 0.29) is 12.8 Å². The Kier molecular flexibility index (Phi) is 19.7. The first-order chi connectivity index (χ1) is 14.9. The van der Waals surface area contributed by atoms with Crippen molar-refractivity contribution >= 4 is 51.2 Å². The number of esters is 2. The zero-order valence-corrected chi connectivity index (χ0v) is 22.2. The molecule has 31 heavy (non-hydrogen) atoms. The second-order valence-corrected chi connectivity index (χ2v) is 12.0. The molecule has 0 heterocycles. The van der Waals surface area contributed by atoms with Crippen molar-refractivity contribution in [1.82, 2.24) is 0 Å². The molecule has 0 bridgehead atoms. The normalized spacial score (nSPS) is 12.7. The molecule has 0 aromatic heterocycles. The smallest absolute Gasteiger partial charge is 0.313 e. The van der Waals surface area contributed by atoms with E-state index < -0.39 is 16.7 Å². The summed E-state index contributed by atoms with van der Waals surface area (Å²) in [4.78, 5) is 23.4. The first kappa shape index (κ1) is 30.4. The van der Waals surface area contributed by atoms with Gasteiger partial charge in [0, 0.05) is 12.8 Å². The molecule has 0 aliphatic carbocycles. The summed E-state index contributed by atoms with van der Waals surface area (Å²) in [7, 11) is 0. The molecular formula is C24H41NO3S3. The van der Waals surface area contributed by atoms with E-state index in [0.717, 1.165) is 22.1 Å². The molecule has 0 saturated heterocycles. The molecule has 1 unspecified atom stereocenters. The van der Waals surface area contributed by atoms with Crippen molar-refractivity contribution in [2.45, 2.75) is 122 Å². The summed E-state index contributed by atoms with van der Waals surface area (Å²) in [5.41, 5.74) is 0. The molecule has 0 aliphatic rings. The highest BCUT2D eigenvalue weighted by Gasteiger charge is 2.28. The van der Waals surface area contributed by atoms with Gasteiger partial charge in [0.25, 0.3) is 0 Å². The van der Waals surface area contributed by atoms with Crippen LogP contribution in [0.2, 0.25) is 0 Å². The van der Waals surface area contributed by atoms with Gasteiger partial charge in [-0.15, -0.1) is 11.8 Å². The molecule has 7 heteroatoms. The Bertz CT molecular complexity index is 563. The Morgan fingerprint density at radius 1 is 0.871 bits per heavy atom. The number of nitriles is 1. The summed E-state index contributed by atoms with van der Waals surface area (Å²) in [6, 6.07) is 2.26. The third-order valence-electron chi connectivity index (χ3n) is 5.03. The largest absolute Gasteiger partial charge is 0.393 e. The quantitative estimate of drug-likeness (QED) is 0.0840. The van der Waals surface area contributed by atoms with E-state index >= 15 is 0 Å². The minimum Gasteiger partial charge on any atom is -0.393 e. The zero-order valence-electron chi connectivity index (χ0n) is 19.7. The van der Waals surface area contributed by atoms with Gasteiger partial charge in [-0.3, -0.25) is 9.59 Å². The van der Waals surface area contributed by atoms with Crippen LogP contribution in [-0.4, -0.2) is 26.0 Å². The SMILES string of the molecule is CCCCCCCCCCCCSC(=S)SC(C)(C#N)CCC(=O)OC(=O)CCCC. The molecule has 0 rings (SSSR count). The fraction of sp³-hybridized carbons (Fsp3) is 0.833. The Morgan fingerprint density at radius 3 is 1.94 bits per heavy atom. The summed E-state index contributed by atoms with van der Waals surface area (Å²) in [6.07, 6.45) is 15.3. The van der Waals surface area contributed by atoms with Crippen LogP contribution in [0.5, 0.6) is 0 Å². The molecule has 0 radical (unpaired) electrons. The predicted octanol–water partition coefficient (Wildman–Crippen LogP) is 7.98. The van der Waals surface area contributed by atoms with E-state index in [1.165, 1.54) is 69.5 Å². The molecule has 0 aromatic rings. The van der Waals surface area contributed by atoms with Crippen LogP contribution in [0.1, 0.15) is 117 Å². The van der Waals surface area contributed by atoms with Crippen molar-refractivity contribution in [1.29, 1.82) is 5.26 Å². The van der Waals surface area contributed by atoms with Gasteiger partial charge in [-0.2, -0.15) is 5.26 Å². The second kappa shape index (κ2) is 20.1. The minimum absolute atomic E-state index is 0.0423. The predicted molar refractivity (Wildman–Crippen MR) is 138 cm³/mol. The van der Waals surface area contributed by atoms with E-state index in [9.17, 15) is 14.9 Å². The number of rotatable bonds is 18. The van der Waals surface area contributed by atoms with Crippen molar-refractivity contribution in [3.05, 3.63) is 0 Å². The van der Waals surface area contributed by atoms with Crippen molar-refractivity contribution in [3.8, 4) is 6.07 Å². The molecule has 0 saturated carbocycles. The molecule has 0 aromatic carbocycles. The van der Waals surface area contributed by atoms with Gasteiger partial charge in [0.05, 0.1) is 6.07 Å². The highest BCUT2D eigenvalue weighted by Crippen LogP contribution is 2.35. The lowest BCUT2D eigenvalue weighted by Crippen LogP contribution is -2.22. The minimum atomic E-state index is -0.784. The number of nitrogens with zero attached hydrogens (tertiary/aromatic N) is 1. The van der Waals surface area contributed by atoms with E-state index in [1.807, 2.05) is 6.92 Å². The Morgan fingerprint density at radius 2 is 1.39 bits per heavy atom. The van der Waals surface area contributed by atoms with Crippen LogP contribution >= 0.6 is 35.7 Å². The highest BCUT2D eigenvalue weighted by atomic mass is 32.2. The van der Waals surface area contributed by atoms with Crippen LogP contribution in [0.3, 0.4) is 0 Å². The Balaban J connectivity index is 3.91. The highest BCUT2D eigenvalue weighted by molar-refractivity contribution is 8.47. The van der Waals surface area contributed by atoms with E-state index in [1.54, 1.807) is 18.7 Å². The first-order valence-corrected chi connectivity index (χ1v) is 14.1. The molecule has 4 nitrogen and oxygen atoms in total. The summed E-state index contributed by atoms with van der Waals surface area (Å²) < 4.78 is 4.77. The van der Waals surface area contributed by atoms with Gasteiger partial charge < -0.3 is 4.74 Å². The van der Waals surface area contributed by atoms with Crippen LogP contribution in [0.4, 0.5) is 0 Å². The lowest BCUT2D eigenvalue weighted by atomic mass is 10.1. The van der Waals surface area contributed by atoms with Crippen LogP contribution in [0.15, 0.2) is 0 Å². The fourth-order valence-electron chi connectivity index (χ4n) is 2.98.